The summed E-state index contributed by atoms with van der Waals surface area (Å²) in [5.41, 5.74) is 6.50. The quantitative estimate of drug-likeness (QED) is 0.601. The van der Waals surface area contributed by atoms with E-state index in [4.69, 9.17) is 15.5 Å². The molecule has 0 atom stereocenters. The van der Waals surface area contributed by atoms with Crippen LogP contribution in [0, 0.1) is 5.41 Å². The lowest BCUT2D eigenvalue weighted by molar-refractivity contribution is 0.00938. The summed E-state index contributed by atoms with van der Waals surface area (Å²) in [6.45, 7) is 5.95. The summed E-state index contributed by atoms with van der Waals surface area (Å²) in [5.74, 6) is 0.670. The Morgan fingerprint density at radius 3 is 2.48 bits per heavy atom. The van der Waals surface area contributed by atoms with E-state index in [2.05, 4.69) is 10.2 Å². The molecule has 1 aliphatic heterocycles. The van der Waals surface area contributed by atoms with Gasteiger partial charge in [0.15, 0.2) is 5.96 Å². The first kappa shape index (κ1) is 17.0. The number of rotatable bonds is 5. The minimum Gasteiger partial charge on any atom is -0.379 e. The molecule has 1 saturated heterocycles. The molecule has 0 aromatic heterocycles. The maximum Gasteiger partial charge on any atom is 0.188 e. The summed E-state index contributed by atoms with van der Waals surface area (Å²) in [7, 11) is 0. The zero-order valence-corrected chi connectivity index (χ0v) is 14.6. The highest BCUT2D eigenvalue weighted by Gasteiger charge is 2.34. The van der Waals surface area contributed by atoms with Crippen molar-refractivity contribution in [2.45, 2.75) is 63.8 Å². The zero-order chi connectivity index (χ0) is 16.0. The molecule has 5 nitrogen and oxygen atoms in total. The van der Waals surface area contributed by atoms with Gasteiger partial charge in [0.2, 0.25) is 0 Å². The fourth-order valence-electron chi connectivity index (χ4n) is 4.48. The Morgan fingerprint density at radius 2 is 1.78 bits per heavy atom. The highest BCUT2D eigenvalue weighted by molar-refractivity contribution is 5.78. The van der Waals surface area contributed by atoms with Gasteiger partial charge in [-0.3, -0.25) is 9.89 Å². The van der Waals surface area contributed by atoms with Gasteiger partial charge in [0, 0.05) is 37.6 Å². The molecular formula is C18H34N4O. The SMILES string of the molecule is NC(=NCC1(CN2CCOCC2)CCCCC1)NC1CCCC1. The van der Waals surface area contributed by atoms with Gasteiger partial charge in [0.25, 0.3) is 0 Å². The molecule has 3 N–H and O–H groups in total. The van der Waals surface area contributed by atoms with Crippen LogP contribution in [0.5, 0.6) is 0 Å². The molecule has 0 bridgehead atoms. The van der Waals surface area contributed by atoms with Crippen molar-refractivity contribution in [3.8, 4) is 0 Å². The Kier molecular flexibility index (Phi) is 6.17. The molecular weight excluding hydrogens is 288 g/mol. The van der Waals surface area contributed by atoms with Gasteiger partial charge in [-0.1, -0.05) is 32.1 Å². The van der Waals surface area contributed by atoms with Crippen molar-refractivity contribution in [2.24, 2.45) is 16.1 Å². The molecule has 0 amide bonds. The van der Waals surface area contributed by atoms with Crippen LogP contribution in [-0.2, 0) is 4.74 Å². The maximum absolute atomic E-state index is 6.17. The van der Waals surface area contributed by atoms with Crippen LogP contribution in [0.1, 0.15) is 57.8 Å². The van der Waals surface area contributed by atoms with Crippen LogP contribution in [0.4, 0.5) is 0 Å². The molecule has 3 aliphatic rings. The van der Waals surface area contributed by atoms with Gasteiger partial charge in [-0.15, -0.1) is 0 Å². The lowest BCUT2D eigenvalue weighted by Gasteiger charge is -2.41. The molecule has 2 saturated carbocycles. The molecule has 0 unspecified atom stereocenters. The normalized spacial score (nSPS) is 27.2. The highest BCUT2D eigenvalue weighted by Crippen LogP contribution is 2.37. The molecule has 1 heterocycles. The van der Waals surface area contributed by atoms with Crippen molar-refractivity contribution < 1.29 is 4.74 Å². The predicted octanol–water partition coefficient (Wildman–Crippen LogP) is 2.12. The second-order valence-electron chi connectivity index (χ2n) is 7.78. The van der Waals surface area contributed by atoms with E-state index in [1.165, 1.54) is 57.8 Å². The topological polar surface area (TPSA) is 62.9 Å². The van der Waals surface area contributed by atoms with Crippen LogP contribution < -0.4 is 11.1 Å². The summed E-state index contributed by atoms with van der Waals surface area (Å²) in [6, 6.07) is 0.556. The fraction of sp³-hybridized carbons (Fsp3) is 0.944. The Morgan fingerprint density at radius 1 is 1.09 bits per heavy atom. The number of nitrogens with zero attached hydrogens (tertiary/aromatic N) is 2. The lowest BCUT2D eigenvalue weighted by atomic mass is 9.73. The van der Waals surface area contributed by atoms with Crippen molar-refractivity contribution in [3.05, 3.63) is 0 Å². The second-order valence-corrected chi connectivity index (χ2v) is 7.78. The van der Waals surface area contributed by atoms with Gasteiger partial charge in [0.05, 0.1) is 13.2 Å². The van der Waals surface area contributed by atoms with Gasteiger partial charge in [-0.25, -0.2) is 0 Å². The summed E-state index contributed by atoms with van der Waals surface area (Å²) in [6.07, 6.45) is 11.8. The van der Waals surface area contributed by atoms with Gasteiger partial charge < -0.3 is 15.8 Å². The smallest absolute Gasteiger partial charge is 0.188 e. The standard InChI is InChI=1S/C18H34N4O/c19-17(21-16-6-2-3-7-16)20-14-18(8-4-1-5-9-18)15-22-10-12-23-13-11-22/h16H,1-15H2,(H3,19,20,21). The fourth-order valence-corrected chi connectivity index (χ4v) is 4.48. The van der Waals surface area contributed by atoms with E-state index in [-0.39, 0.29) is 0 Å². The van der Waals surface area contributed by atoms with E-state index in [1.54, 1.807) is 0 Å². The molecule has 0 aromatic rings. The number of ether oxygens (including phenoxy) is 1. The first-order chi connectivity index (χ1) is 11.3. The van der Waals surface area contributed by atoms with Crippen LogP contribution in [0.25, 0.3) is 0 Å². The number of aliphatic imine (C=N–C) groups is 1. The number of hydrogen-bond acceptors (Lipinski definition) is 3. The molecule has 0 radical (unpaired) electrons. The molecule has 132 valence electrons. The Hall–Kier alpha value is -0.810. The van der Waals surface area contributed by atoms with Crippen LogP contribution in [-0.4, -0.2) is 56.3 Å². The van der Waals surface area contributed by atoms with E-state index < -0.39 is 0 Å². The zero-order valence-electron chi connectivity index (χ0n) is 14.6. The predicted molar refractivity (Wildman–Crippen MR) is 94.7 cm³/mol. The first-order valence-electron chi connectivity index (χ1n) is 9.62. The van der Waals surface area contributed by atoms with E-state index in [9.17, 15) is 0 Å². The average Bonchev–Trinajstić information content (AvgIpc) is 3.08. The summed E-state index contributed by atoms with van der Waals surface area (Å²) < 4.78 is 5.50. The van der Waals surface area contributed by atoms with Crippen LogP contribution in [0.2, 0.25) is 0 Å². The van der Waals surface area contributed by atoms with Crippen molar-refractivity contribution in [3.63, 3.8) is 0 Å². The number of morpholine rings is 1. The maximum atomic E-state index is 6.17. The Bertz CT molecular complexity index is 380. The van der Waals surface area contributed by atoms with Crippen molar-refractivity contribution in [2.75, 3.05) is 39.4 Å². The molecule has 2 aliphatic carbocycles. The number of guanidine groups is 1. The summed E-state index contributed by atoms with van der Waals surface area (Å²) >= 11 is 0. The lowest BCUT2D eigenvalue weighted by Crippen LogP contribution is -2.46. The monoisotopic (exact) mass is 322 g/mol. The van der Waals surface area contributed by atoms with Crippen LogP contribution in [0.3, 0.4) is 0 Å². The van der Waals surface area contributed by atoms with Crippen molar-refractivity contribution >= 4 is 5.96 Å². The minimum absolute atomic E-state index is 0.331. The van der Waals surface area contributed by atoms with E-state index in [0.717, 1.165) is 39.4 Å². The third-order valence-corrected chi connectivity index (χ3v) is 5.87. The molecule has 23 heavy (non-hydrogen) atoms. The van der Waals surface area contributed by atoms with Gasteiger partial charge in [-0.05, 0) is 25.7 Å². The largest absolute Gasteiger partial charge is 0.379 e. The van der Waals surface area contributed by atoms with E-state index in [0.29, 0.717) is 17.4 Å². The summed E-state index contributed by atoms with van der Waals surface area (Å²) in [5, 5.41) is 3.43. The average molecular weight is 322 g/mol. The van der Waals surface area contributed by atoms with Gasteiger partial charge >= 0.3 is 0 Å². The highest BCUT2D eigenvalue weighted by atomic mass is 16.5. The Balaban J connectivity index is 1.56. The second kappa shape index (κ2) is 8.34. The van der Waals surface area contributed by atoms with Crippen molar-refractivity contribution in [1.82, 2.24) is 10.2 Å². The third kappa shape index (κ3) is 5.08. The van der Waals surface area contributed by atoms with E-state index >= 15 is 0 Å². The summed E-state index contributed by atoms with van der Waals surface area (Å²) in [4.78, 5) is 7.35. The Labute approximate surface area is 141 Å². The molecule has 0 aromatic carbocycles. The van der Waals surface area contributed by atoms with Crippen molar-refractivity contribution in [1.29, 1.82) is 0 Å². The first-order valence-corrected chi connectivity index (χ1v) is 9.62. The van der Waals surface area contributed by atoms with Gasteiger partial charge in [-0.2, -0.15) is 0 Å². The van der Waals surface area contributed by atoms with Crippen LogP contribution in [0.15, 0.2) is 4.99 Å². The number of nitrogens with one attached hydrogen (secondary N) is 1. The van der Waals surface area contributed by atoms with Crippen LogP contribution >= 0.6 is 0 Å². The molecule has 3 rings (SSSR count). The minimum atomic E-state index is 0.331. The number of hydrogen-bond donors (Lipinski definition) is 2. The molecule has 0 spiro atoms. The van der Waals surface area contributed by atoms with Gasteiger partial charge in [0.1, 0.15) is 0 Å². The third-order valence-electron chi connectivity index (χ3n) is 5.87. The van der Waals surface area contributed by atoms with E-state index in [1.807, 2.05) is 0 Å². The molecule has 3 fully saturated rings. The molecule has 5 heteroatoms. The number of nitrogens with two attached hydrogens (primary N) is 1.